The van der Waals surface area contributed by atoms with Crippen LogP contribution in [0, 0.1) is 0 Å². The van der Waals surface area contributed by atoms with Crippen molar-refractivity contribution in [1.82, 2.24) is 0 Å². The first kappa shape index (κ1) is 19.3. The number of rotatable bonds is 6. The second-order valence-corrected chi connectivity index (χ2v) is 7.40. The van der Waals surface area contributed by atoms with Crippen LogP contribution < -0.4 is 14.2 Å². The zero-order valence-corrected chi connectivity index (χ0v) is 17.4. The van der Waals surface area contributed by atoms with Crippen molar-refractivity contribution < 1.29 is 19.0 Å². The average Bonchev–Trinajstić information content (AvgIpc) is 3.04. The van der Waals surface area contributed by atoms with Crippen molar-refractivity contribution in [3.05, 3.63) is 93.7 Å². The molecule has 0 unspecified atom stereocenters. The Balaban J connectivity index is 1.52. The molecule has 0 radical (unpaired) electrons. The third-order valence-corrected chi connectivity index (χ3v) is 4.99. The molecule has 0 spiro atoms. The van der Waals surface area contributed by atoms with Gasteiger partial charge in [-0.2, -0.15) is 0 Å². The minimum absolute atomic E-state index is 0.147. The van der Waals surface area contributed by atoms with Crippen LogP contribution in [0.3, 0.4) is 0 Å². The molecule has 0 fully saturated rings. The van der Waals surface area contributed by atoms with Crippen LogP contribution in [-0.2, 0) is 6.61 Å². The Morgan fingerprint density at radius 1 is 1.00 bits per heavy atom. The first-order valence-corrected chi connectivity index (χ1v) is 10.1. The van der Waals surface area contributed by atoms with E-state index in [0.717, 1.165) is 15.6 Å². The third-order valence-electron chi connectivity index (χ3n) is 4.47. The molecule has 0 saturated heterocycles. The fraction of sp³-hybridized carbons (Fsp3) is 0.125. The number of hydrogen-bond acceptors (Lipinski definition) is 4. The van der Waals surface area contributed by atoms with Crippen molar-refractivity contribution in [3.63, 3.8) is 0 Å². The standard InChI is InChI=1S/C24H19BrO4/c1-2-27-21-6-4-3-5-17(21)13-23-24(26)20-12-11-19(14-22(20)29-23)28-15-16-7-9-18(25)10-8-16/h3-14H,2,15H2,1H3/b23-13-. The maximum absolute atomic E-state index is 12.7. The lowest BCUT2D eigenvalue weighted by Gasteiger charge is -2.08. The summed E-state index contributed by atoms with van der Waals surface area (Å²) in [6.45, 7) is 2.91. The number of carbonyl (C=O) groups is 1. The Bertz CT molecular complexity index is 1070. The van der Waals surface area contributed by atoms with Crippen molar-refractivity contribution in [1.29, 1.82) is 0 Å². The van der Waals surface area contributed by atoms with Crippen molar-refractivity contribution in [2.75, 3.05) is 6.61 Å². The molecule has 0 atom stereocenters. The van der Waals surface area contributed by atoms with Crippen molar-refractivity contribution in [2.45, 2.75) is 13.5 Å². The van der Waals surface area contributed by atoms with Crippen LogP contribution in [0.1, 0.15) is 28.4 Å². The van der Waals surface area contributed by atoms with Gasteiger partial charge in [0.05, 0.1) is 12.2 Å². The lowest BCUT2D eigenvalue weighted by Crippen LogP contribution is -1.99. The highest BCUT2D eigenvalue weighted by molar-refractivity contribution is 9.10. The molecule has 1 aliphatic rings. The fourth-order valence-corrected chi connectivity index (χ4v) is 3.30. The summed E-state index contributed by atoms with van der Waals surface area (Å²) >= 11 is 3.42. The van der Waals surface area contributed by atoms with Crippen LogP contribution >= 0.6 is 15.9 Å². The van der Waals surface area contributed by atoms with Crippen LogP contribution in [0.5, 0.6) is 17.2 Å². The molecule has 0 aromatic heterocycles. The number of benzene rings is 3. The third kappa shape index (κ3) is 4.35. The van der Waals surface area contributed by atoms with Gasteiger partial charge in [0.1, 0.15) is 23.9 Å². The molecule has 4 nitrogen and oxygen atoms in total. The highest BCUT2D eigenvalue weighted by Gasteiger charge is 2.28. The minimum Gasteiger partial charge on any atom is -0.493 e. The summed E-state index contributed by atoms with van der Waals surface area (Å²) in [7, 11) is 0. The predicted octanol–water partition coefficient (Wildman–Crippen LogP) is 6.04. The molecule has 0 amide bonds. The van der Waals surface area contributed by atoms with E-state index in [2.05, 4.69) is 15.9 Å². The molecule has 3 aromatic rings. The molecule has 0 N–H and O–H groups in total. The van der Waals surface area contributed by atoms with Gasteiger partial charge in [0.2, 0.25) is 5.78 Å². The van der Waals surface area contributed by atoms with Gasteiger partial charge in [-0.3, -0.25) is 4.79 Å². The van der Waals surface area contributed by atoms with Gasteiger partial charge in [-0.15, -0.1) is 0 Å². The van der Waals surface area contributed by atoms with Crippen LogP contribution in [-0.4, -0.2) is 12.4 Å². The summed E-state index contributed by atoms with van der Waals surface area (Å²) in [6.07, 6.45) is 1.72. The van der Waals surface area contributed by atoms with E-state index in [4.69, 9.17) is 14.2 Å². The largest absolute Gasteiger partial charge is 0.493 e. The maximum atomic E-state index is 12.7. The molecule has 0 aliphatic carbocycles. The minimum atomic E-state index is -0.147. The quantitative estimate of drug-likeness (QED) is 0.429. The Morgan fingerprint density at radius 3 is 2.59 bits per heavy atom. The molecule has 29 heavy (non-hydrogen) atoms. The molecule has 3 aromatic carbocycles. The van der Waals surface area contributed by atoms with E-state index < -0.39 is 0 Å². The summed E-state index contributed by atoms with van der Waals surface area (Å²) in [5.74, 6) is 2.00. The normalized spacial score (nSPS) is 13.9. The number of para-hydroxylation sites is 1. The molecule has 1 heterocycles. The van der Waals surface area contributed by atoms with E-state index in [-0.39, 0.29) is 11.5 Å². The zero-order chi connectivity index (χ0) is 20.2. The number of halogens is 1. The SMILES string of the molecule is CCOc1ccccc1/C=C1\Oc2cc(OCc3ccc(Br)cc3)ccc2C1=O. The van der Waals surface area contributed by atoms with Crippen LogP contribution in [0.4, 0.5) is 0 Å². The van der Waals surface area contributed by atoms with Gasteiger partial charge in [-0.05, 0) is 48.9 Å². The van der Waals surface area contributed by atoms with E-state index >= 15 is 0 Å². The average molecular weight is 451 g/mol. The van der Waals surface area contributed by atoms with E-state index in [1.54, 1.807) is 24.3 Å². The molecule has 146 valence electrons. The van der Waals surface area contributed by atoms with Gasteiger partial charge >= 0.3 is 0 Å². The number of allylic oxidation sites excluding steroid dienone is 1. The van der Waals surface area contributed by atoms with Crippen LogP contribution in [0.15, 0.2) is 77.0 Å². The molecule has 4 rings (SSSR count). The Hall–Kier alpha value is -3.05. The second kappa shape index (κ2) is 8.53. The van der Waals surface area contributed by atoms with Gasteiger partial charge < -0.3 is 14.2 Å². The predicted molar refractivity (Wildman–Crippen MR) is 115 cm³/mol. The smallest absolute Gasteiger partial charge is 0.231 e. The van der Waals surface area contributed by atoms with E-state index in [1.807, 2.05) is 55.5 Å². The Morgan fingerprint density at radius 2 is 1.79 bits per heavy atom. The van der Waals surface area contributed by atoms with Crippen molar-refractivity contribution in [2.24, 2.45) is 0 Å². The summed E-state index contributed by atoms with van der Waals surface area (Å²) in [5, 5.41) is 0. The Kier molecular flexibility index (Phi) is 5.67. The number of carbonyl (C=O) groups excluding carboxylic acids is 1. The maximum Gasteiger partial charge on any atom is 0.231 e. The molecule has 0 bridgehead atoms. The number of ether oxygens (including phenoxy) is 3. The number of Topliss-reactive ketones (excluding diaryl/α,β-unsaturated/α-hetero) is 1. The molecule has 1 aliphatic heterocycles. The molecule has 0 saturated carbocycles. The zero-order valence-electron chi connectivity index (χ0n) is 15.9. The first-order chi connectivity index (χ1) is 14.1. The van der Waals surface area contributed by atoms with Gasteiger partial charge in [0.25, 0.3) is 0 Å². The monoisotopic (exact) mass is 450 g/mol. The summed E-state index contributed by atoms with van der Waals surface area (Å²) in [4.78, 5) is 12.7. The second-order valence-electron chi connectivity index (χ2n) is 6.48. The summed E-state index contributed by atoms with van der Waals surface area (Å²) in [6, 6.07) is 20.8. The molecule has 5 heteroatoms. The van der Waals surface area contributed by atoms with Crippen molar-refractivity contribution in [3.8, 4) is 17.2 Å². The number of ketones is 1. The van der Waals surface area contributed by atoms with Crippen LogP contribution in [0.2, 0.25) is 0 Å². The number of hydrogen-bond donors (Lipinski definition) is 0. The summed E-state index contributed by atoms with van der Waals surface area (Å²) < 4.78 is 18.3. The van der Waals surface area contributed by atoms with E-state index in [9.17, 15) is 4.79 Å². The van der Waals surface area contributed by atoms with E-state index in [0.29, 0.717) is 36.0 Å². The molecular weight excluding hydrogens is 432 g/mol. The van der Waals surface area contributed by atoms with Crippen LogP contribution in [0.25, 0.3) is 6.08 Å². The number of fused-ring (bicyclic) bond motifs is 1. The topological polar surface area (TPSA) is 44.8 Å². The highest BCUT2D eigenvalue weighted by Crippen LogP contribution is 2.36. The van der Waals surface area contributed by atoms with Crippen molar-refractivity contribution >= 4 is 27.8 Å². The highest BCUT2D eigenvalue weighted by atomic mass is 79.9. The van der Waals surface area contributed by atoms with Gasteiger partial charge in [-0.1, -0.05) is 46.3 Å². The van der Waals surface area contributed by atoms with Gasteiger partial charge in [0, 0.05) is 16.1 Å². The lowest BCUT2D eigenvalue weighted by atomic mass is 10.1. The first-order valence-electron chi connectivity index (χ1n) is 9.31. The Labute approximate surface area is 177 Å². The van der Waals surface area contributed by atoms with Gasteiger partial charge in [-0.25, -0.2) is 0 Å². The van der Waals surface area contributed by atoms with E-state index in [1.165, 1.54) is 0 Å². The summed E-state index contributed by atoms with van der Waals surface area (Å²) in [5.41, 5.74) is 2.39. The van der Waals surface area contributed by atoms with Gasteiger partial charge in [0.15, 0.2) is 5.76 Å². The fourth-order valence-electron chi connectivity index (χ4n) is 3.03. The molecular formula is C24H19BrO4. The lowest BCUT2D eigenvalue weighted by molar-refractivity contribution is 0.101.